The van der Waals surface area contributed by atoms with E-state index in [2.05, 4.69) is 83.3 Å². The van der Waals surface area contributed by atoms with Crippen LogP contribution in [0.1, 0.15) is 43.5 Å². The van der Waals surface area contributed by atoms with Gasteiger partial charge in [0.1, 0.15) is 5.82 Å². The third-order valence-corrected chi connectivity index (χ3v) is 5.64. The Bertz CT molecular complexity index is 871. The number of hydrogen-bond donors (Lipinski definition) is 1. The van der Waals surface area contributed by atoms with Gasteiger partial charge in [0.2, 0.25) is 0 Å². The van der Waals surface area contributed by atoms with Gasteiger partial charge in [0, 0.05) is 71.3 Å². The summed E-state index contributed by atoms with van der Waals surface area (Å²) in [4.78, 5) is 16.4. The number of aromatic nitrogens is 3. The quantitative estimate of drug-likeness (QED) is 0.323. The molecule has 2 aromatic rings. The first-order valence-corrected chi connectivity index (χ1v) is 11.3. The number of nitrogens with one attached hydrogen (secondary N) is 1. The number of aliphatic imine (C=N–C) groups is 1. The standard InChI is InChI=1S/C23H38N8.HI/c1-7-24-23(29(5)16-20-17-30(6)27-22(20)18(2)3)26-15-19-8-9-25-21(14-19)31-12-10-28(4)11-13-31;/h8-9,14,17-18H,7,10-13,15-16H2,1-6H3,(H,24,26);1H. The summed E-state index contributed by atoms with van der Waals surface area (Å²) in [6, 6.07) is 4.24. The summed E-state index contributed by atoms with van der Waals surface area (Å²) in [6.45, 7) is 12.9. The Kier molecular flexibility index (Phi) is 10.2. The smallest absolute Gasteiger partial charge is 0.194 e. The fourth-order valence-electron chi connectivity index (χ4n) is 3.90. The van der Waals surface area contributed by atoms with Gasteiger partial charge in [0.25, 0.3) is 0 Å². The Labute approximate surface area is 210 Å². The summed E-state index contributed by atoms with van der Waals surface area (Å²) in [5.74, 6) is 2.35. The van der Waals surface area contributed by atoms with Crippen molar-refractivity contribution < 1.29 is 0 Å². The third kappa shape index (κ3) is 7.06. The first kappa shape index (κ1) is 26.4. The lowest BCUT2D eigenvalue weighted by Crippen LogP contribution is -2.44. The molecule has 3 rings (SSSR count). The molecule has 0 radical (unpaired) electrons. The van der Waals surface area contributed by atoms with Crippen LogP contribution in [0.2, 0.25) is 0 Å². The second kappa shape index (κ2) is 12.4. The van der Waals surface area contributed by atoms with Gasteiger partial charge in [0.05, 0.1) is 12.2 Å². The van der Waals surface area contributed by atoms with Crippen molar-refractivity contribution >= 4 is 35.8 Å². The van der Waals surface area contributed by atoms with Gasteiger partial charge in [-0.25, -0.2) is 9.98 Å². The fourth-order valence-corrected chi connectivity index (χ4v) is 3.90. The van der Waals surface area contributed by atoms with Crippen molar-refractivity contribution in [3.63, 3.8) is 0 Å². The van der Waals surface area contributed by atoms with E-state index in [1.807, 2.05) is 17.9 Å². The first-order valence-electron chi connectivity index (χ1n) is 11.3. The maximum atomic E-state index is 4.91. The molecule has 1 fully saturated rings. The second-order valence-electron chi connectivity index (χ2n) is 8.71. The van der Waals surface area contributed by atoms with Gasteiger partial charge in [-0.2, -0.15) is 5.10 Å². The number of hydrogen-bond acceptors (Lipinski definition) is 5. The van der Waals surface area contributed by atoms with Crippen molar-refractivity contribution in [2.75, 3.05) is 51.7 Å². The monoisotopic (exact) mass is 554 g/mol. The van der Waals surface area contributed by atoms with E-state index in [0.717, 1.165) is 56.7 Å². The van der Waals surface area contributed by atoms with Crippen LogP contribution in [0.5, 0.6) is 0 Å². The average molecular weight is 555 g/mol. The van der Waals surface area contributed by atoms with E-state index in [-0.39, 0.29) is 24.0 Å². The van der Waals surface area contributed by atoms with Crippen molar-refractivity contribution in [3.8, 4) is 0 Å². The van der Waals surface area contributed by atoms with Gasteiger partial charge in [-0.05, 0) is 37.6 Å². The van der Waals surface area contributed by atoms with Crippen molar-refractivity contribution in [2.24, 2.45) is 12.0 Å². The minimum Gasteiger partial charge on any atom is -0.357 e. The molecule has 1 N–H and O–H groups in total. The molecule has 1 saturated heterocycles. The molecule has 0 aromatic carbocycles. The number of anilines is 1. The van der Waals surface area contributed by atoms with E-state index in [4.69, 9.17) is 4.99 Å². The Morgan fingerprint density at radius 1 is 1.22 bits per heavy atom. The van der Waals surface area contributed by atoms with E-state index in [1.165, 1.54) is 11.1 Å². The molecular weight excluding hydrogens is 515 g/mol. The molecule has 2 aromatic heterocycles. The molecule has 8 nitrogen and oxygen atoms in total. The highest BCUT2D eigenvalue weighted by atomic mass is 127. The number of aryl methyl sites for hydroxylation is 1. The maximum Gasteiger partial charge on any atom is 0.194 e. The SMILES string of the molecule is CCNC(=NCc1ccnc(N2CCN(C)CC2)c1)N(C)Cc1cn(C)nc1C(C)C.I. The molecule has 0 amide bonds. The largest absolute Gasteiger partial charge is 0.357 e. The Morgan fingerprint density at radius 3 is 2.59 bits per heavy atom. The minimum absolute atomic E-state index is 0. The molecule has 32 heavy (non-hydrogen) atoms. The van der Waals surface area contributed by atoms with Gasteiger partial charge in [-0.3, -0.25) is 4.68 Å². The lowest BCUT2D eigenvalue weighted by Gasteiger charge is -2.33. The van der Waals surface area contributed by atoms with Crippen LogP contribution in [0.25, 0.3) is 0 Å². The Balaban J connectivity index is 0.00000363. The molecule has 0 bridgehead atoms. The molecule has 178 valence electrons. The minimum atomic E-state index is 0. The highest BCUT2D eigenvalue weighted by molar-refractivity contribution is 14.0. The number of piperazine rings is 1. The summed E-state index contributed by atoms with van der Waals surface area (Å²) in [5, 5.41) is 8.06. The molecule has 0 atom stereocenters. The molecule has 1 aliphatic rings. The van der Waals surface area contributed by atoms with E-state index < -0.39 is 0 Å². The number of pyridine rings is 1. The van der Waals surface area contributed by atoms with Crippen LogP contribution in [0.15, 0.2) is 29.5 Å². The predicted octanol–water partition coefficient (Wildman–Crippen LogP) is 2.91. The van der Waals surface area contributed by atoms with Crippen LogP contribution in [-0.4, -0.2) is 77.3 Å². The van der Waals surface area contributed by atoms with Gasteiger partial charge >= 0.3 is 0 Å². The number of guanidine groups is 1. The average Bonchev–Trinajstić information content (AvgIpc) is 3.12. The molecule has 0 saturated carbocycles. The summed E-state index contributed by atoms with van der Waals surface area (Å²) in [7, 11) is 6.24. The number of likely N-dealkylation sites (N-methyl/N-ethyl adjacent to an activating group) is 1. The molecule has 0 aliphatic carbocycles. The zero-order valence-corrected chi connectivity index (χ0v) is 22.7. The van der Waals surface area contributed by atoms with Gasteiger partial charge in [-0.1, -0.05) is 13.8 Å². The van der Waals surface area contributed by atoms with Gasteiger partial charge < -0.3 is 20.0 Å². The number of halogens is 1. The third-order valence-electron chi connectivity index (χ3n) is 5.64. The van der Waals surface area contributed by atoms with Crippen molar-refractivity contribution in [1.29, 1.82) is 0 Å². The van der Waals surface area contributed by atoms with Crippen LogP contribution in [0.3, 0.4) is 0 Å². The number of rotatable bonds is 7. The highest BCUT2D eigenvalue weighted by Crippen LogP contribution is 2.19. The summed E-state index contributed by atoms with van der Waals surface area (Å²) in [6.07, 6.45) is 4.01. The lowest BCUT2D eigenvalue weighted by molar-refractivity contribution is 0.312. The van der Waals surface area contributed by atoms with E-state index in [0.29, 0.717) is 12.5 Å². The van der Waals surface area contributed by atoms with E-state index in [1.54, 1.807) is 0 Å². The Hall–Kier alpha value is -1.88. The van der Waals surface area contributed by atoms with Gasteiger partial charge in [-0.15, -0.1) is 24.0 Å². The molecule has 1 aliphatic heterocycles. The summed E-state index contributed by atoms with van der Waals surface area (Å²) in [5.41, 5.74) is 3.57. The zero-order chi connectivity index (χ0) is 22.4. The molecule has 3 heterocycles. The van der Waals surface area contributed by atoms with Crippen LogP contribution in [0, 0.1) is 0 Å². The summed E-state index contributed by atoms with van der Waals surface area (Å²) < 4.78 is 1.90. The van der Waals surface area contributed by atoms with Crippen molar-refractivity contribution in [3.05, 3.63) is 41.3 Å². The zero-order valence-electron chi connectivity index (χ0n) is 20.4. The second-order valence-corrected chi connectivity index (χ2v) is 8.71. The first-order chi connectivity index (χ1) is 14.9. The van der Waals surface area contributed by atoms with Crippen molar-refractivity contribution in [2.45, 2.75) is 39.8 Å². The molecule has 0 spiro atoms. The number of nitrogens with zero attached hydrogens (tertiary/aromatic N) is 7. The van der Waals surface area contributed by atoms with Crippen molar-refractivity contribution in [1.82, 2.24) is 29.9 Å². The predicted molar refractivity (Wildman–Crippen MR) is 143 cm³/mol. The van der Waals surface area contributed by atoms with Crippen LogP contribution in [0.4, 0.5) is 5.82 Å². The molecule has 9 heteroatoms. The highest BCUT2D eigenvalue weighted by Gasteiger charge is 2.17. The molecule has 0 unspecified atom stereocenters. The van der Waals surface area contributed by atoms with E-state index >= 15 is 0 Å². The van der Waals surface area contributed by atoms with Crippen LogP contribution in [-0.2, 0) is 20.1 Å². The summed E-state index contributed by atoms with van der Waals surface area (Å²) >= 11 is 0. The Morgan fingerprint density at radius 2 is 1.94 bits per heavy atom. The van der Waals surface area contributed by atoms with Crippen LogP contribution >= 0.6 is 24.0 Å². The normalized spacial score (nSPS) is 15.1. The maximum absolute atomic E-state index is 4.91. The van der Waals surface area contributed by atoms with E-state index in [9.17, 15) is 0 Å². The van der Waals surface area contributed by atoms with Gasteiger partial charge in [0.15, 0.2) is 5.96 Å². The fraction of sp³-hybridized carbons (Fsp3) is 0.609. The lowest BCUT2D eigenvalue weighted by atomic mass is 10.1. The molecular formula is C23H39IN8. The van der Waals surface area contributed by atoms with Crippen LogP contribution < -0.4 is 10.2 Å². The topological polar surface area (TPSA) is 64.8 Å².